The van der Waals surface area contributed by atoms with E-state index in [2.05, 4.69) is 0 Å². The van der Waals surface area contributed by atoms with Crippen LogP contribution in [0.1, 0.15) is 20.3 Å². The van der Waals surface area contributed by atoms with Crippen LogP contribution in [0.5, 0.6) is 0 Å². The molecule has 0 aliphatic heterocycles. The third kappa shape index (κ3) is 2.45. The minimum atomic E-state index is -0.796. The van der Waals surface area contributed by atoms with Gasteiger partial charge in [-0.1, -0.05) is 13.8 Å². The first-order valence-electron chi connectivity index (χ1n) is 3.18. The molecule has 0 heterocycles. The summed E-state index contributed by atoms with van der Waals surface area (Å²) in [5.74, 6) is 0. The molecule has 0 fully saturated rings. The van der Waals surface area contributed by atoms with E-state index in [4.69, 9.17) is 10.2 Å². The van der Waals surface area contributed by atoms with E-state index in [-0.39, 0.29) is 13.0 Å². The molecule has 0 bridgehead atoms. The highest BCUT2D eigenvalue weighted by Crippen LogP contribution is 2.20. The first-order chi connectivity index (χ1) is 4.54. The van der Waals surface area contributed by atoms with Gasteiger partial charge >= 0.3 is 0 Å². The fourth-order valence-electron chi connectivity index (χ4n) is 0.461. The number of carbonyl (C=O) groups excluding carboxylic acids is 1. The van der Waals surface area contributed by atoms with Crippen LogP contribution in [-0.4, -0.2) is 29.2 Å². The Kier molecular flexibility index (Phi) is 3.53. The average molecular weight is 145 g/mol. The Labute approximate surface area is 60.7 Å². The molecule has 3 nitrogen and oxygen atoms in total. The van der Waals surface area contributed by atoms with Crippen molar-refractivity contribution in [3.8, 4) is 0 Å². The molecule has 0 aliphatic carbocycles. The highest BCUT2D eigenvalue weighted by molar-refractivity contribution is 5.51. The van der Waals surface area contributed by atoms with Gasteiger partial charge in [0, 0.05) is 11.8 Å². The Morgan fingerprint density at radius 3 is 2.40 bits per heavy atom. The average Bonchev–Trinajstić information content (AvgIpc) is 1.89. The molecule has 0 aromatic rings. The van der Waals surface area contributed by atoms with Gasteiger partial charge in [-0.05, 0) is 0 Å². The van der Waals surface area contributed by atoms with Gasteiger partial charge in [-0.25, -0.2) is 0 Å². The molecule has 0 aromatic carbocycles. The van der Waals surface area contributed by atoms with E-state index >= 15 is 0 Å². The SMILES string of the molecule is CC(C)(CO)C(O)C[C]=O. The summed E-state index contributed by atoms with van der Waals surface area (Å²) in [4.78, 5) is 9.81. The maximum atomic E-state index is 9.81. The van der Waals surface area contributed by atoms with E-state index in [0.717, 1.165) is 0 Å². The largest absolute Gasteiger partial charge is 0.396 e. The predicted octanol–water partition coefficient (Wildman–Crippen LogP) is -0.134. The van der Waals surface area contributed by atoms with Crippen LogP contribution >= 0.6 is 0 Å². The Bertz CT molecular complexity index is 109. The lowest BCUT2D eigenvalue weighted by Crippen LogP contribution is -2.32. The molecule has 0 aromatic heterocycles. The van der Waals surface area contributed by atoms with Gasteiger partial charge in [0.1, 0.15) is 0 Å². The van der Waals surface area contributed by atoms with E-state index in [0.29, 0.717) is 0 Å². The van der Waals surface area contributed by atoms with Crippen molar-refractivity contribution in [3.05, 3.63) is 0 Å². The maximum Gasteiger partial charge on any atom is 0.201 e. The Morgan fingerprint density at radius 2 is 2.10 bits per heavy atom. The first-order valence-corrected chi connectivity index (χ1v) is 3.18. The van der Waals surface area contributed by atoms with Crippen LogP contribution in [0.4, 0.5) is 0 Å². The summed E-state index contributed by atoms with van der Waals surface area (Å²) in [6, 6.07) is 0. The molecule has 1 radical (unpaired) electrons. The summed E-state index contributed by atoms with van der Waals surface area (Å²) in [7, 11) is 0. The zero-order chi connectivity index (χ0) is 8.20. The van der Waals surface area contributed by atoms with Crippen molar-refractivity contribution in [3.63, 3.8) is 0 Å². The minimum absolute atomic E-state index is 0.0342. The number of aliphatic hydroxyl groups is 2. The molecule has 0 rings (SSSR count). The number of rotatable bonds is 4. The standard InChI is InChI=1S/C7H13O3/c1-7(2,5-9)6(10)3-4-8/h6,9-10H,3,5H2,1-2H3. The lowest BCUT2D eigenvalue weighted by atomic mass is 9.86. The predicted molar refractivity (Wildman–Crippen MR) is 37.2 cm³/mol. The van der Waals surface area contributed by atoms with Gasteiger partial charge in [0.25, 0.3) is 0 Å². The third-order valence-electron chi connectivity index (χ3n) is 1.59. The minimum Gasteiger partial charge on any atom is -0.396 e. The molecule has 1 atom stereocenters. The van der Waals surface area contributed by atoms with E-state index in [1.165, 1.54) is 0 Å². The van der Waals surface area contributed by atoms with Crippen LogP contribution < -0.4 is 0 Å². The van der Waals surface area contributed by atoms with Crippen molar-refractivity contribution in [1.29, 1.82) is 0 Å². The summed E-state index contributed by atoms with van der Waals surface area (Å²) in [5.41, 5.74) is -0.600. The quantitative estimate of drug-likeness (QED) is 0.579. The van der Waals surface area contributed by atoms with Crippen molar-refractivity contribution < 1.29 is 15.0 Å². The van der Waals surface area contributed by atoms with E-state index < -0.39 is 11.5 Å². The van der Waals surface area contributed by atoms with Crippen molar-refractivity contribution in [2.24, 2.45) is 5.41 Å². The van der Waals surface area contributed by atoms with Gasteiger partial charge in [0.05, 0.1) is 12.7 Å². The smallest absolute Gasteiger partial charge is 0.201 e. The molecule has 3 heteroatoms. The van der Waals surface area contributed by atoms with E-state index in [9.17, 15) is 4.79 Å². The van der Waals surface area contributed by atoms with Crippen LogP contribution in [0.2, 0.25) is 0 Å². The van der Waals surface area contributed by atoms with Crippen LogP contribution in [0, 0.1) is 5.41 Å². The van der Waals surface area contributed by atoms with Crippen LogP contribution in [0.3, 0.4) is 0 Å². The van der Waals surface area contributed by atoms with Gasteiger partial charge in [-0.15, -0.1) is 0 Å². The van der Waals surface area contributed by atoms with Crippen molar-refractivity contribution >= 4 is 6.29 Å². The topological polar surface area (TPSA) is 57.5 Å². The normalized spacial score (nSPS) is 14.8. The second kappa shape index (κ2) is 3.68. The van der Waals surface area contributed by atoms with Gasteiger partial charge in [0.15, 0.2) is 0 Å². The molecule has 0 spiro atoms. The van der Waals surface area contributed by atoms with Crippen LogP contribution in [0.15, 0.2) is 0 Å². The number of aliphatic hydroxyl groups excluding tert-OH is 2. The molecule has 0 aliphatic rings. The second-order valence-electron chi connectivity index (χ2n) is 3.01. The Balaban J connectivity index is 3.89. The summed E-state index contributed by atoms with van der Waals surface area (Å²) in [6.45, 7) is 3.25. The van der Waals surface area contributed by atoms with Gasteiger partial charge in [-0.2, -0.15) is 0 Å². The number of hydrogen-bond acceptors (Lipinski definition) is 3. The maximum absolute atomic E-state index is 9.81. The zero-order valence-electron chi connectivity index (χ0n) is 6.29. The molecule has 1 unspecified atom stereocenters. The van der Waals surface area contributed by atoms with Gasteiger partial charge in [-0.3, -0.25) is 4.79 Å². The van der Waals surface area contributed by atoms with Crippen molar-refractivity contribution in [2.45, 2.75) is 26.4 Å². The number of hydrogen-bond donors (Lipinski definition) is 2. The third-order valence-corrected chi connectivity index (χ3v) is 1.59. The fraction of sp³-hybridized carbons (Fsp3) is 0.857. The second-order valence-corrected chi connectivity index (χ2v) is 3.01. The van der Waals surface area contributed by atoms with Gasteiger partial charge in [0.2, 0.25) is 6.29 Å². The fourth-order valence-corrected chi connectivity index (χ4v) is 0.461. The Morgan fingerprint density at radius 1 is 1.60 bits per heavy atom. The molecule has 0 amide bonds. The van der Waals surface area contributed by atoms with Crippen molar-refractivity contribution in [2.75, 3.05) is 6.61 Å². The van der Waals surface area contributed by atoms with Crippen molar-refractivity contribution in [1.82, 2.24) is 0 Å². The summed E-state index contributed by atoms with van der Waals surface area (Å²) in [6.07, 6.45) is 0.766. The molecule has 2 N–H and O–H groups in total. The van der Waals surface area contributed by atoms with Crippen LogP contribution in [0.25, 0.3) is 0 Å². The van der Waals surface area contributed by atoms with E-state index in [1.807, 2.05) is 0 Å². The first kappa shape index (κ1) is 9.59. The summed E-state index contributed by atoms with van der Waals surface area (Å²) >= 11 is 0. The Hall–Kier alpha value is -0.410. The summed E-state index contributed by atoms with van der Waals surface area (Å²) in [5, 5.41) is 17.9. The van der Waals surface area contributed by atoms with Crippen LogP contribution in [-0.2, 0) is 4.79 Å². The molecule has 0 saturated carbocycles. The monoisotopic (exact) mass is 145 g/mol. The lowest BCUT2D eigenvalue weighted by molar-refractivity contribution is 0.0125. The zero-order valence-corrected chi connectivity index (χ0v) is 6.29. The molecular weight excluding hydrogens is 132 g/mol. The molecule has 10 heavy (non-hydrogen) atoms. The van der Waals surface area contributed by atoms with Gasteiger partial charge < -0.3 is 10.2 Å². The molecule has 59 valence electrons. The summed E-state index contributed by atoms with van der Waals surface area (Å²) < 4.78 is 0. The highest BCUT2D eigenvalue weighted by atomic mass is 16.3. The molecule has 0 saturated heterocycles. The highest BCUT2D eigenvalue weighted by Gasteiger charge is 2.26. The van der Waals surface area contributed by atoms with E-state index in [1.54, 1.807) is 20.1 Å². The molecular formula is C7H13O3. The lowest BCUT2D eigenvalue weighted by Gasteiger charge is -2.26.